The van der Waals surface area contributed by atoms with Crippen LogP contribution < -0.4 is 5.73 Å². The van der Waals surface area contributed by atoms with Crippen LogP contribution in [0.1, 0.15) is 98.8 Å². The Labute approximate surface area is 362 Å². The van der Waals surface area contributed by atoms with E-state index in [4.69, 9.17) is 21.2 Å². The predicted octanol–water partition coefficient (Wildman–Crippen LogP) is 10.6. The number of hydrogen-bond donors (Lipinski definition) is 1. The van der Waals surface area contributed by atoms with Crippen molar-refractivity contribution in [3.8, 4) is 12.1 Å². The van der Waals surface area contributed by atoms with Crippen LogP contribution in [0, 0.1) is 70.4 Å². The van der Waals surface area contributed by atoms with Crippen LogP contribution in [0.2, 0.25) is 0 Å². The minimum absolute atomic E-state index is 0. The molecule has 6 rings (SSSR count). The second-order valence-electron chi connectivity index (χ2n) is 13.6. The van der Waals surface area contributed by atoms with Crippen molar-refractivity contribution in [1.82, 2.24) is 19.9 Å². The molecule has 2 heterocycles. The summed E-state index contributed by atoms with van der Waals surface area (Å²) >= 11 is 2.41. The summed E-state index contributed by atoms with van der Waals surface area (Å²) in [6, 6.07) is 31.5. The molecule has 56 heavy (non-hydrogen) atoms. The van der Waals surface area contributed by atoms with E-state index in [2.05, 4.69) is 122 Å². The van der Waals surface area contributed by atoms with Gasteiger partial charge in [-0.3, -0.25) is 0 Å². The summed E-state index contributed by atoms with van der Waals surface area (Å²) < 4.78 is 0.854. The number of anilines is 1. The van der Waals surface area contributed by atoms with Crippen molar-refractivity contribution in [1.29, 1.82) is 10.5 Å². The molecule has 4 aromatic carbocycles. The first-order valence-corrected chi connectivity index (χ1v) is 19.6. The number of aryl methyl sites for hydroxylation is 6. The summed E-state index contributed by atoms with van der Waals surface area (Å²) in [5.41, 5.74) is 20.1. The van der Waals surface area contributed by atoms with Gasteiger partial charge in [-0.15, -0.1) is 6.07 Å². The third-order valence-corrected chi connectivity index (χ3v) is 9.60. The number of rotatable bonds is 7. The number of nitriles is 2. The van der Waals surface area contributed by atoms with Crippen LogP contribution in [-0.2, 0) is 40.3 Å². The molecule has 0 aliphatic rings. The largest absolute Gasteiger partial charge is 0.398 e. The molecule has 0 radical (unpaired) electrons. The van der Waals surface area contributed by atoms with Gasteiger partial charge in [0.1, 0.15) is 5.82 Å². The summed E-state index contributed by atoms with van der Waals surface area (Å²) in [5, 5.41) is 17.5. The summed E-state index contributed by atoms with van der Waals surface area (Å²) in [7, 11) is 0. The van der Waals surface area contributed by atoms with E-state index in [0.29, 0.717) is 24.0 Å². The number of halogens is 1. The van der Waals surface area contributed by atoms with E-state index in [1.165, 1.54) is 45.4 Å². The zero-order valence-electron chi connectivity index (χ0n) is 33.7. The normalized spacial score (nSPS) is 10.3. The van der Waals surface area contributed by atoms with Gasteiger partial charge in [0.2, 0.25) is 0 Å². The van der Waals surface area contributed by atoms with Crippen LogP contribution >= 0.6 is 22.6 Å². The van der Waals surface area contributed by atoms with Crippen molar-refractivity contribution in [2.24, 2.45) is 0 Å². The van der Waals surface area contributed by atoms with E-state index in [0.717, 1.165) is 44.5 Å². The summed E-state index contributed by atoms with van der Waals surface area (Å²) in [4.78, 5) is 17.3. The number of aromatic nitrogens is 4. The maximum atomic E-state index is 8.88. The first-order chi connectivity index (χ1) is 26.3. The van der Waals surface area contributed by atoms with Gasteiger partial charge in [-0.25, -0.2) is 9.97 Å². The molecule has 288 valence electrons. The molecule has 7 nitrogen and oxygen atoms in total. The third-order valence-electron chi connectivity index (χ3n) is 8.72. The molecule has 0 fully saturated rings. The molecule has 9 heteroatoms. The summed E-state index contributed by atoms with van der Waals surface area (Å²) in [6.45, 7) is 17.0. The standard InChI is InChI=1S/C22H21N3.C12H8N3.C9H13N.C4H9I.W/c1-15-10-16(2)21(17(3)11-15)13-20-8-9-24-22(25-20)12-18-4-6-19(14-23)7-5-18;13-9-11-4-2-10(3-5-11)8-12-14-6-1-7-15-12;1-6-4-7(2)9(10)8(3)5-6;1-3-4(2)5;/h4-11H,12-13H2,1-3H3;1-6H,8H2;4-5H,10H2,1-3H3;4H,3H2,1-2H3;/q;-1;;;. The molecule has 1 unspecified atom stereocenters. The number of alkyl halides is 1. The molecule has 1 atom stereocenters. The molecule has 0 aliphatic carbocycles. The fourth-order valence-electron chi connectivity index (χ4n) is 5.63. The molecule has 0 saturated heterocycles. The van der Waals surface area contributed by atoms with Crippen molar-refractivity contribution < 1.29 is 21.1 Å². The van der Waals surface area contributed by atoms with Crippen LogP contribution in [-0.4, -0.2) is 23.9 Å². The second kappa shape index (κ2) is 24.7. The number of benzene rings is 4. The molecule has 2 N–H and O–H groups in total. The van der Waals surface area contributed by atoms with Gasteiger partial charge in [-0.1, -0.05) is 114 Å². The molecule has 2 aromatic heterocycles. The first-order valence-electron chi connectivity index (χ1n) is 18.3. The zero-order chi connectivity index (χ0) is 40.3. The third kappa shape index (κ3) is 16.5. The van der Waals surface area contributed by atoms with E-state index in [1.54, 1.807) is 24.4 Å². The molecular weight excluding hydrogens is 973 g/mol. The van der Waals surface area contributed by atoms with E-state index >= 15 is 0 Å². The molecule has 0 saturated carbocycles. The van der Waals surface area contributed by atoms with Crippen LogP contribution in [0.4, 0.5) is 5.69 Å². The van der Waals surface area contributed by atoms with Gasteiger partial charge in [0.25, 0.3) is 0 Å². The number of hydrogen-bond acceptors (Lipinski definition) is 7. The van der Waals surface area contributed by atoms with Crippen molar-refractivity contribution in [3.05, 3.63) is 182 Å². The predicted molar refractivity (Wildman–Crippen MR) is 233 cm³/mol. The van der Waals surface area contributed by atoms with Gasteiger partial charge in [0, 0.05) is 61.2 Å². The van der Waals surface area contributed by atoms with Crippen LogP contribution in [0.15, 0.2) is 97.3 Å². The van der Waals surface area contributed by atoms with Crippen molar-refractivity contribution in [2.45, 2.75) is 85.0 Å². The molecule has 0 amide bonds. The Morgan fingerprint density at radius 2 is 1.12 bits per heavy atom. The van der Waals surface area contributed by atoms with Gasteiger partial charge < -0.3 is 15.7 Å². The molecule has 0 spiro atoms. The number of nitrogen functional groups attached to an aromatic ring is 1. The van der Waals surface area contributed by atoms with E-state index in [-0.39, 0.29) is 21.1 Å². The van der Waals surface area contributed by atoms with Crippen molar-refractivity contribution in [2.75, 3.05) is 5.73 Å². The summed E-state index contributed by atoms with van der Waals surface area (Å²) in [5.74, 6) is 1.55. The maximum Gasteiger partial charge on any atom is 0.132 e. The molecule has 0 aliphatic heterocycles. The van der Waals surface area contributed by atoms with E-state index in [1.807, 2.05) is 62.5 Å². The quantitative estimate of drug-likeness (QED) is 0.0731. The van der Waals surface area contributed by atoms with Crippen LogP contribution in [0.3, 0.4) is 0 Å². The minimum atomic E-state index is 0. The fraction of sp³-hybridized carbons (Fsp3) is 0.277. The van der Waals surface area contributed by atoms with Crippen LogP contribution in [0.25, 0.3) is 0 Å². The Hall–Kier alpha value is -4.76. The number of nitrogens with zero attached hydrogens (tertiary/aromatic N) is 6. The Kier molecular flexibility index (Phi) is 20.9. The number of nitrogens with two attached hydrogens (primary N) is 1. The minimum Gasteiger partial charge on any atom is -0.398 e. The fourth-order valence-corrected chi connectivity index (χ4v) is 5.63. The van der Waals surface area contributed by atoms with E-state index < -0.39 is 0 Å². The zero-order valence-corrected chi connectivity index (χ0v) is 38.8. The monoisotopic (exact) mass is 1020 g/mol. The van der Waals surface area contributed by atoms with Gasteiger partial charge in [0.05, 0.1) is 23.3 Å². The van der Waals surface area contributed by atoms with Gasteiger partial charge >= 0.3 is 0 Å². The molecule has 6 aromatic rings. The average molecular weight is 1020 g/mol. The topological polar surface area (TPSA) is 125 Å². The van der Waals surface area contributed by atoms with Gasteiger partial charge in [-0.05, 0) is 118 Å². The Balaban J connectivity index is 0.000000296. The van der Waals surface area contributed by atoms with Gasteiger partial charge in [-0.2, -0.15) is 10.5 Å². The van der Waals surface area contributed by atoms with Gasteiger partial charge in [0.15, 0.2) is 0 Å². The van der Waals surface area contributed by atoms with E-state index in [9.17, 15) is 0 Å². The molecular formula is C47H51IN7W-. The second-order valence-corrected chi connectivity index (χ2v) is 15.7. The Morgan fingerprint density at radius 1 is 0.679 bits per heavy atom. The Bertz CT molecular complexity index is 2140. The van der Waals surface area contributed by atoms with Crippen molar-refractivity contribution in [3.63, 3.8) is 0 Å². The Morgan fingerprint density at radius 3 is 1.55 bits per heavy atom. The molecule has 0 bridgehead atoms. The maximum absolute atomic E-state index is 8.88. The smallest absolute Gasteiger partial charge is 0.132 e. The average Bonchev–Trinajstić information content (AvgIpc) is 3.17. The first kappa shape index (κ1) is 47.4. The van der Waals surface area contributed by atoms with Crippen molar-refractivity contribution >= 4 is 28.3 Å². The summed E-state index contributed by atoms with van der Waals surface area (Å²) in [6.07, 6.45) is 9.70. The SMILES string of the molecule is CCC(C)I.Cc1cc(C)c(Cc2ccnc(Cc3ccc(C#N)cc3)n2)c(C)c1.Cc1cc(C)c(N)c(C)c1.N#Cc1ccc(Cc2n[c-]ccn2)cc1.[W]. The van der Waals surface area contributed by atoms with Crippen LogP contribution in [0.5, 0.6) is 0 Å².